The summed E-state index contributed by atoms with van der Waals surface area (Å²) >= 11 is 0. The smallest absolute Gasteiger partial charge is 0.233 e. The number of rotatable bonds is 8. The zero-order valence-corrected chi connectivity index (χ0v) is 14.8. The molecule has 1 aliphatic heterocycles. The number of amides is 2. The molecular weight excluding hydrogens is 336 g/mol. The minimum atomic E-state index is -0.421. The number of hydroxylamine groups is 2. The average Bonchev–Trinajstić information content (AvgIpc) is 3.30. The van der Waals surface area contributed by atoms with Gasteiger partial charge in [0.2, 0.25) is 12.3 Å². The number of hydrogen-bond donors (Lipinski definition) is 2. The Morgan fingerprint density at radius 2 is 2.42 bits per heavy atom. The summed E-state index contributed by atoms with van der Waals surface area (Å²) in [5, 5.41) is 10.1. The first kappa shape index (κ1) is 18.2. The van der Waals surface area contributed by atoms with Crippen LogP contribution >= 0.6 is 0 Å². The molecule has 9 heteroatoms. The highest BCUT2D eigenvalue weighted by molar-refractivity contribution is 5.80. The summed E-state index contributed by atoms with van der Waals surface area (Å²) in [5.41, 5.74) is 1.33. The van der Waals surface area contributed by atoms with Crippen LogP contribution in [0.1, 0.15) is 50.9 Å². The molecular formula is C17H24N6O3. The maximum atomic E-state index is 13.1. The molecule has 1 aliphatic rings. The van der Waals surface area contributed by atoms with Gasteiger partial charge in [-0.2, -0.15) is 0 Å². The van der Waals surface area contributed by atoms with Crippen LogP contribution in [0.4, 0.5) is 0 Å². The number of aromatic nitrogens is 4. The van der Waals surface area contributed by atoms with Crippen molar-refractivity contribution in [1.82, 2.24) is 29.9 Å². The Labute approximate surface area is 151 Å². The fourth-order valence-electron chi connectivity index (χ4n) is 3.50. The Morgan fingerprint density at radius 1 is 1.58 bits per heavy atom. The predicted molar refractivity (Wildman–Crippen MR) is 92.9 cm³/mol. The molecule has 2 amide bonds. The number of hydrogen-bond acceptors (Lipinski definition) is 6. The van der Waals surface area contributed by atoms with Crippen molar-refractivity contribution in [2.24, 2.45) is 5.92 Å². The normalized spacial score (nSPS) is 18.2. The van der Waals surface area contributed by atoms with Crippen LogP contribution in [0.2, 0.25) is 0 Å². The Bertz CT molecular complexity index is 731. The maximum absolute atomic E-state index is 13.1. The zero-order chi connectivity index (χ0) is 18.5. The topological polar surface area (TPSA) is 115 Å². The monoisotopic (exact) mass is 360 g/mol. The molecule has 3 heterocycles. The van der Waals surface area contributed by atoms with Gasteiger partial charge in [-0.25, -0.2) is 20.0 Å². The van der Waals surface area contributed by atoms with Gasteiger partial charge >= 0.3 is 0 Å². The molecule has 0 saturated carbocycles. The summed E-state index contributed by atoms with van der Waals surface area (Å²) in [4.78, 5) is 41.5. The third-order valence-corrected chi connectivity index (χ3v) is 4.82. The number of nitrogens with zero attached hydrogens (tertiary/aromatic N) is 5. The molecule has 3 rings (SSSR count). The highest BCUT2D eigenvalue weighted by Crippen LogP contribution is 2.33. The van der Waals surface area contributed by atoms with Crippen LogP contribution in [-0.2, 0) is 9.59 Å². The van der Waals surface area contributed by atoms with Gasteiger partial charge in [-0.1, -0.05) is 19.8 Å². The Morgan fingerprint density at radius 3 is 3.15 bits per heavy atom. The van der Waals surface area contributed by atoms with Gasteiger partial charge in [0.05, 0.1) is 24.7 Å². The minimum absolute atomic E-state index is 0.0111. The van der Waals surface area contributed by atoms with Gasteiger partial charge in [-0.3, -0.25) is 14.8 Å². The molecule has 1 saturated heterocycles. The molecule has 0 unspecified atom stereocenters. The number of likely N-dealkylation sites (tertiary alicyclic amines) is 1. The van der Waals surface area contributed by atoms with Crippen LogP contribution in [0.15, 0.2) is 12.5 Å². The van der Waals surface area contributed by atoms with Crippen LogP contribution in [0.5, 0.6) is 0 Å². The molecule has 2 atom stereocenters. The van der Waals surface area contributed by atoms with Crippen molar-refractivity contribution >= 4 is 23.5 Å². The quantitative estimate of drug-likeness (QED) is 0.420. The highest BCUT2D eigenvalue weighted by Gasteiger charge is 2.36. The van der Waals surface area contributed by atoms with Crippen LogP contribution in [0.3, 0.4) is 0 Å². The van der Waals surface area contributed by atoms with E-state index in [4.69, 9.17) is 0 Å². The lowest BCUT2D eigenvalue weighted by atomic mass is 9.99. The van der Waals surface area contributed by atoms with E-state index in [-0.39, 0.29) is 18.5 Å². The van der Waals surface area contributed by atoms with E-state index in [2.05, 4.69) is 19.9 Å². The number of unbranched alkanes of at least 4 members (excludes halogenated alkanes) is 1. The number of H-pyrrole nitrogens is 1. The Hall–Kier alpha value is -2.55. The second-order valence-electron chi connectivity index (χ2n) is 6.64. The van der Waals surface area contributed by atoms with E-state index in [1.54, 1.807) is 6.20 Å². The maximum Gasteiger partial charge on any atom is 0.233 e. The van der Waals surface area contributed by atoms with E-state index < -0.39 is 5.92 Å². The number of nitrogens with one attached hydrogen (secondary N) is 1. The first-order valence-electron chi connectivity index (χ1n) is 9.01. The van der Waals surface area contributed by atoms with Crippen molar-refractivity contribution in [1.29, 1.82) is 0 Å². The van der Waals surface area contributed by atoms with Crippen molar-refractivity contribution < 1.29 is 14.8 Å². The third kappa shape index (κ3) is 3.82. The van der Waals surface area contributed by atoms with Crippen molar-refractivity contribution in [3.05, 3.63) is 18.3 Å². The summed E-state index contributed by atoms with van der Waals surface area (Å²) in [7, 11) is 0. The van der Waals surface area contributed by atoms with Gasteiger partial charge in [-0.15, -0.1) is 0 Å². The highest BCUT2D eigenvalue weighted by atomic mass is 16.5. The van der Waals surface area contributed by atoms with Gasteiger partial charge in [-0.05, 0) is 19.3 Å². The van der Waals surface area contributed by atoms with Crippen molar-refractivity contribution in [2.75, 3.05) is 13.1 Å². The summed E-state index contributed by atoms with van der Waals surface area (Å²) in [6.07, 6.45) is 7.59. The van der Waals surface area contributed by atoms with E-state index in [0.29, 0.717) is 35.9 Å². The zero-order valence-electron chi connectivity index (χ0n) is 14.8. The summed E-state index contributed by atoms with van der Waals surface area (Å²) < 4.78 is 0. The lowest BCUT2D eigenvalue weighted by molar-refractivity contribution is -0.157. The fraction of sp³-hybridized carbons (Fsp3) is 0.588. The summed E-state index contributed by atoms with van der Waals surface area (Å²) in [6.45, 7) is 2.70. The Kier molecular flexibility index (Phi) is 5.77. The molecule has 2 N–H and O–H groups in total. The average molecular weight is 360 g/mol. The van der Waals surface area contributed by atoms with Crippen LogP contribution < -0.4 is 0 Å². The van der Waals surface area contributed by atoms with Gasteiger partial charge in [0.1, 0.15) is 17.7 Å². The molecule has 9 nitrogen and oxygen atoms in total. The van der Waals surface area contributed by atoms with E-state index in [9.17, 15) is 14.8 Å². The molecule has 0 aliphatic carbocycles. The molecule has 0 bridgehead atoms. The second-order valence-corrected chi connectivity index (χ2v) is 6.64. The first-order valence-corrected chi connectivity index (χ1v) is 9.01. The van der Waals surface area contributed by atoms with E-state index >= 15 is 0 Å². The summed E-state index contributed by atoms with van der Waals surface area (Å²) in [6, 6.07) is -0.149. The van der Waals surface area contributed by atoms with E-state index in [1.165, 1.54) is 6.33 Å². The van der Waals surface area contributed by atoms with Crippen LogP contribution in [0.25, 0.3) is 11.2 Å². The Balaban J connectivity index is 1.80. The van der Waals surface area contributed by atoms with Crippen molar-refractivity contribution in [2.45, 2.75) is 45.1 Å². The second kappa shape index (κ2) is 8.22. The molecule has 0 aromatic carbocycles. The van der Waals surface area contributed by atoms with Crippen LogP contribution in [0, 0.1) is 5.92 Å². The molecule has 0 spiro atoms. The molecule has 2 aromatic rings. The van der Waals surface area contributed by atoms with E-state index in [1.807, 2.05) is 11.8 Å². The minimum Gasteiger partial charge on any atom is -0.338 e. The van der Waals surface area contributed by atoms with E-state index in [0.717, 1.165) is 31.2 Å². The molecule has 26 heavy (non-hydrogen) atoms. The van der Waals surface area contributed by atoms with Gasteiger partial charge in [0.15, 0.2) is 5.65 Å². The van der Waals surface area contributed by atoms with Gasteiger partial charge in [0, 0.05) is 6.54 Å². The number of imidazole rings is 1. The number of carbonyl (C=O) groups is 2. The number of carbonyl (C=O) groups excluding carboxylic acids is 2. The largest absolute Gasteiger partial charge is 0.338 e. The first-order chi connectivity index (χ1) is 12.6. The van der Waals surface area contributed by atoms with Crippen molar-refractivity contribution in [3.63, 3.8) is 0 Å². The van der Waals surface area contributed by atoms with Gasteiger partial charge in [0.25, 0.3) is 0 Å². The van der Waals surface area contributed by atoms with Crippen LogP contribution in [-0.4, -0.2) is 60.5 Å². The molecule has 2 aromatic heterocycles. The predicted octanol–water partition coefficient (Wildman–Crippen LogP) is 1.67. The number of aromatic amines is 1. The molecule has 1 fully saturated rings. The standard InChI is InChI=1S/C17H24N6O3/c1-2-3-5-12(9-22(26)11-24)17(25)23-7-4-6-14(23)16-20-13-8-18-10-19-15(13)21-16/h8,10-12,14,26H,2-7,9H2,1H3,(H,18,19,20,21)/t12-,14-/m0/s1. The fourth-order valence-corrected chi connectivity index (χ4v) is 3.50. The molecule has 0 radical (unpaired) electrons. The lowest BCUT2D eigenvalue weighted by Gasteiger charge is -2.28. The number of fused-ring (bicyclic) bond motifs is 1. The third-order valence-electron chi connectivity index (χ3n) is 4.82. The lowest BCUT2D eigenvalue weighted by Crippen LogP contribution is -2.40. The SMILES string of the molecule is CCCC[C@@H](CN(O)C=O)C(=O)N1CCC[C@H]1c1nc2ncncc2[nH]1. The summed E-state index contributed by atoms with van der Waals surface area (Å²) in [5.74, 6) is 0.236. The molecule has 140 valence electrons. The van der Waals surface area contributed by atoms with Crippen molar-refractivity contribution in [3.8, 4) is 0 Å². The van der Waals surface area contributed by atoms with Gasteiger partial charge < -0.3 is 9.88 Å².